The van der Waals surface area contributed by atoms with Gasteiger partial charge in [-0.25, -0.2) is 4.39 Å². The molecule has 2 N–H and O–H groups in total. The van der Waals surface area contributed by atoms with Crippen LogP contribution in [0.4, 0.5) is 10.1 Å². The van der Waals surface area contributed by atoms with Crippen LogP contribution in [0.15, 0.2) is 18.2 Å². The molecule has 1 rings (SSSR count). The number of nitrogens with two attached hydrogens (primary N) is 1. The van der Waals surface area contributed by atoms with Crippen molar-refractivity contribution < 1.29 is 4.39 Å². The molecule has 18 heavy (non-hydrogen) atoms. The zero-order valence-electron chi connectivity index (χ0n) is 11.8. The Labute approximate surface area is 109 Å². The molecule has 1 atom stereocenters. The van der Waals surface area contributed by atoms with Crippen LogP contribution < -0.4 is 5.73 Å². The third kappa shape index (κ3) is 4.27. The minimum Gasteiger partial charge on any atom is -0.399 e. The Balaban J connectivity index is 2.73. The summed E-state index contributed by atoms with van der Waals surface area (Å²) in [7, 11) is 4.10. The van der Waals surface area contributed by atoms with E-state index in [0.29, 0.717) is 23.8 Å². The molecule has 0 spiro atoms. The van der Waals surface area contributed by atoms with Crippen LogP contribution >= 0.6 is 0 Å². The molecule has 0 bridgehead atoms. The van der Waals surface area contributed by atoms with Crippen LogP contribution in [0.5, 0.6) is 0 Å². The van der Waals surface area contributed by atoms with Crippen LogP contribution in [-0.4, -0.2) is 43.0 Å². The molecule has 0 aliphatic heterocycles. The maximum Gasteiger partial charge on any atom is 0.129 e. The molecular weight excluding hydrogens is 229 g/mol. The van der Waals surface area contributed by atoms with Crippen molar-refractivity contribution in [2.45, 2.75) is 26.4 Å². The zero-order chi connectivity index (χ0) is 13.7. The van der Waals surface area contributed by atoms with Crippen molar-refractivity contribution in [3.05, 3.63) is 29.6 Å². The van der Waals surface area contributed by atoms with Crippen molar-refractivity contribution in [3.8, 4) is 0 Å². The lowest BCUT2D eigenvalue weighted by Gasteiger charge is -2.30. The second-order valence-corrected chi connectivity index (χ2v) is 5.03. The Hall–Kier alpha value is -1.13. The van der Waals surface area contributed by atoms with Crippen molar-refractivity contribution in [3.63, 3.8) is 0 Å². The van der Waals surface area contributed by atoms with Gasteiger partial charge in [0, 0.05) is 30.4 Å². The lowest BCUT2D eigenvalue weighted by molar-refractivity contribution is 0.172. The highest BCUT2D eigenvalue weighted by molar-refractivity contribution is 5.40. The summed E-state index contributed by atoms with van der Waals surface area (Å²) in [6.07, 6.45) is 0. The summed E-state index contributed by atoms with van der Waals surface area (Å²) in [5.41, 5.74) is 6.73. The normalized spacial score (nSPS) is 13.3. The van der Waals surface area contributed by atoms with Gasteiger partial charge in [0.05, 0.1) is 0 Å². The molecule has 1 aromatic rings. The quantitative estimate of drug-likeness (QED) is 0.789. The first-order chi connectivity index (χ1) is 8.43. The van der Waals surface area contributed by atoms with Crippen LogP contribution in [0.2, 0.25) is 0 Å². The summed E-state index contributed by atoms with van der Waals surface area (Å²) in [5.74, 6) is -0.217. The maximum absolute atomic E-state index is 13.8. The van der Waals surface area contributed by atoms with Gasteiger partial charge in [-0.2, -0.15) is 0 Å². The summed E-state index contributed by atoms with van der Waals surface area (Å²) < 4.78 is 13.8. The van der Waals surface area contributed by atoms with Gasteiger partial charge in [-0.05, 0) is 39.7 Å². The summed E-state index contributed by atoms with van der Waals surface area (Å²) in [6.45, 7) is 6.75. The molecule has 0 aliphatic rings. The van der Waals surface area contributed by atoms with Gasteiger partial charge in [0.25, 0.3) is 0 Å². The highest BCUT2D eigenvalue weighted by Crippen LogP contribution is 2.15. The Morgan fingerprint density at radius 2 is 2.00 bits per heavy atom. The molecule has 0 saturated carbocycles. The molecule has 0 saturated heterocycles. The number of hydrogen-bond acceptors (Lipinski definition) is 3. The molecule has 0 fully saturated rings. The lowest BCUT2D eigenvalue weighted by Crippen LogP contribution is -2.39. The average molecular weight is 253 g/mol. The van der Waals surface area contributed by atoms with E-state index in [2.05, 4.69) is 23.6 Å². The fraction of sp³-hybridized carbons (Fsp3) is 0.571. The average Bonchev–Trinajstić information content (AvgIpc) is 2.27. The molecule has 102 valence electrons. The topological polar surface area (TPSA) is 32.5 Å². The van der Waals surface area contributed by atoms with Gasteiger partial charge in [0.15, 0.2) is 0 Å². The van der Waals surface area contributed by atoms with E-state index in [1.807, 2.05) is 14.1 Å². The first-order valence-corrected chi connectivity index (χ1v) is 6.36. The van der Waals surface area contributed by atoms with E-state index in [-0.39, 0.29) is 5.82 Å². The predicted molar refractivity (Wildman–Crippen MR) is 74.9 cm³/mol. The molecule has 3 nitrogen and oxygen atoms in total. The fourth-order valence-corrected chi connectivity index (χ4v) is 2.13. The van der Waals surface area contributed by atoms with E-state index in [1.54, 1.807) is 12.1 Å². The van der Waals surface area contributed by atoms with Crippen LogP contribution in [-0.2, 0) is 6.54 Å². The van der Waals surface area contributed by atoms with E-state index >= 15 is 0 Å². The highest BCUT2D eigenvalue weighted by atomic mass is 19.1. The smallest absolute Gasteiger partial charge is 0.129 e. The monoisotopic (exact) mass is 253 g/mol. The van der Waals surface area contributed by atoms with Crippen molar-refractivity contribution in [2.75, 3.05) is 32.9 Å². The van der Waals surface area contributed by atoms with Gasteiger partial charge < -0.3 is 10.6 Å². The van der Waals surface area contributed by atoms with Crippen molar-refractivity contribution >= 4 is 5.69 Å². The zero-order valence-corrected chi connectivity index (χ0v) is 11.8. The molecule has 4 heteroatoms. The summed E-state index contributed by atoms with van der Waals surface area (Å²) >= 11 is 0. The Kier molecular flexibility index (Phi) is 5.56. The Morgan fingerprint density at radius 3 is 2.50 bits per heavy atom. The van der Waals surface area contributed by atoms with Crippen LogP contribution in [0.3, 0.4) is 0 Å². The SMILES string of the molecule is CCN(Cc1ccc(N)cc1F)C(C)CN(C)C. The standard InChI is InChI=1S/C14H24FN3/c1-5-18(11(2)9-17(3)4)10-12-6-7-13(16)8-14(12)15/h6-8,11H,5,9-10,16H2,1-4H3. The number of benzene rings is 1. The Bertz CT molecular complexity index is 379. The van der Waals surface area contributed by atoms with Crippen molar-refractivity contribution in [2.24, 2.45) is 0 Å². The van der Waals surface area contributed by atoms with Gasteiger partial charge >= 0.3 is 0 Å². The van der Waals surface area contributed by atoms with E-state index in [0.717, 1.165) is 13.1 Å². The minimum absolute atomic E-state index is 0.217. The van der Waals surface area contributed by atoms with Gasteiger partial charge in [0.2, 0.25) is 0 Å². The maximum atomic E-state index is 13.8. The molecule has 0 radical (unpaired) electrons. The number of likely N-dealkylation sites (N-methyl/N-ethyl adjacent to an activating group) is 2. The second kappa shape index (κ2) is 6.71. The number of hydrogen-bond donors (Lipinski definition) is 1. The number of halogens is 1. The minimum atomic E-state index is -0.217. The molecule has 0 aromatic heterocycles. The number of rotatable bonds is 6. The number of nitrogens with zero attached hydrogens (tertiary/aromatic N) is 2. The fourth-order valence-electron chi connectivity index (χ4n) is 2.13. The van der Waals surface area contributed by atoms with Crippen molar-refractivity contribution in [1.29, 1.82) is 0 Å². The first-order valence-electron chi connectivity index (χ1n) is 6.36. The van der Waals surface area contributed by atoms with Gasteiger partial charge in [-0.1, -0.05) is 13.0 Å². The molecule has 0 heterocycles. The van der Waals surface area contributed by atoms with Crippen LogP contribution in [0, 0.1) is 5.82 Å². The van der Waals surface area contributed by atoms with Crippen molar-refractivity contribution in [1.82, 2.24) is 9.80 Å². The molecular formula is C14H24FN3. The van der Waals surface area contributed by atoms with Crippen LogP contribution in [0.25, 0.3) is 0 Å². The first kappa shape index (κ1) is 14.9. The summed E-state index contributed by atoms with van der Waals surface area (Å²) in [5, 5.41) is 0. The van der Waals surface area contributed by atoms with Crippen LogP contribution in [0.1, 0.15) is 19.4 Å². The number of nitrogen functional groups attached to an aromatic ring is 1. The van der Waals surface area contributed by atoms with E-state index in [1.165, 1.54) is 6.07 Å². The van der Waals surface area contributed by atoms with Gasteiger partial charge in [0.1, 0.15) is 5.82 Å². The third-order valence-corrected chi connectivity index (χ3v) is 3.11. The highest BCUT2D eigenvalue weighted by Gasteiger charge is 2.15. The largest absolute Gasteiger partial charge is 0.399 e. The van der Waals surface area contributed by atoms with E-state index < -0.39 is 0 Å². The summed E-state index contributed by atoms with van der Waals surface area (Å²) in [4.78, 5) is 4.40. The van der Waals surface area contributed by atoms with Gasteiger partial charge in [-0.15, -0.1) is 0 Å². The number of anilines is 1. The van der Waals surface area contributed by atoms with E-state index in [4.69, 9.17) is 5.73 Å². The molecule has 0 amide bonds. The van der Waals surface area contributed by atoms with Gasteiger partial charge in [-0.3, -0.25) is 4.90 Å². The molecule has 1 aromatic carbocycles. The predicted octanol–water partition coefficient (Wildman–Crippen LogP) is 2.18. The summed E-state index contributed by atoms with van der Waals surface area (Å²) in [6, 6.07) is 5.31. The van der Waals surface area contributed by atoms with E-state index in [9.17, 15) is 4.39 Å². The lowest BCUT2D eigenvalue weighted by atomic mass is 10.1. The second-order valence-electron chi connectivity index (χ2n) is 5.03. The Morgan fingerprint density at radius 1 is 1.33 bits per heavy atom. The third-order valence-electron chi connectivity index (χ3n) is 3.11. The molecule has 1 unspecified atom stereocenters. The molecule has 0 aliphatic carbocycles.